The zero-order chi connectivity index (χ0) is 30.6. The van der Waals surface area contributed by atoms with Crippen molar-refractivity contribution in [1.82, 2.24) is 0 Å². The molecule has 4 N–H and O–H groups in total. The number of carboxylic acid groups (broad SMARTS) is 4. The minimum absolute atomic E-state index is 0.142. The van der Waals surface area contributed by atoms with Gasteiger partial charge < -0.3 is 29.9 Å². The van der Waals surface area contributed by atoms with Crippen LogP contribution in [0.5, 0.6) is 11.5 Å². The number of ether oxygens (including phenoxy) is 2. The van der Waals surface area contributed by atoms with Gasteiger partial charge in [-0.05, 0) is 71.8 Å². The first-order valence-electron chi connectivity index (χ1n) is 11.8. The molecule has 42 heavy (non-hydrogen) atoms. The van der Waals surface area contributed by atoms with E-state index in [1.165, 1.54) is 24.3 Å². The third-order valence-electron chi connectivity index (χ3n) is 5.90. The summed E-state index contributed by atoms with van der Waals surface area (Å²) in [7, 11) is 0. The van der Waals surface area contributed by atoms with Crippen LogP contribution in [-0.4, -0.2) is 56.2 Å². The Morgan fingerprint density at radius 2 is 0.714 bits per heavy atom. The highest BCUT2D eigenvalue weighted by atomic mass is 16.5. The van der Waals surface area contributed by atoms with E-state index < -0.39 is 58.1 Å². The summed E-state index contributed by atoms with van der Waals surface area (Å²) in [4.78, 5) is 70.1. The second-order valence-electron chi connectivity index (χ2n) is 8.57. The molecule has 4 aromatic carbocycles. The molecule has 12 nitrogen and oxygen atoms in total. The van der Waals surface area contributed by atoms with E-state index in [2.05, 4.69) is 0 Å². The van der Waals surface area contributed by atoms with Crippen LogP contribution < -0.4 is 9.47 Å². The first-order chi connectivity index (χ1) is 19.9. The number of benzene rings is 4. The Kier molecular flexibility index (Phi) is 8.09. The molecule has 0 atom stereocenters. The van der Waals surface area contributed by atoms with Crippen LogP contribution in [0.1, 0.15) is 62.1 Å². The Morgan fingerprint density at radius 1 is 0.405 bits per heavy atom. The Hall–Kier alpha value is -6.30. The molecule has 0 saturated carbocycles. The first-order valence-corrected chi connectivity index (χ1v) is 11.8. The van der Waals surface area contributed by atoms with Crippen LogP contribution in [0.3, 0.4) is 0 Å². The van der Waals surface area contributed by atoms with Gasteiger partial charge in [-0.15, -0.1) is 0 Å². The average molecular weight is 570 g/mol. The molecule has 0 bridgehead atoms. The van der Waals surface area contributed by atoms with Gasteiger partial charge in [0.15, 0.2) is 0 Å². The lowest BCUT2D eigenvalue weighted by molar-refractivity contribution is 0.0650. The lowest BCUT2D eigenvalue weighted by Crippen LogP contribution is -2.13. The van der Waals surface area contributed by atoms with Gasteiger partial charge in [0.25, 0.3) is 0 Å². The van der Waals surface area contributed by atoms with Crippen molar-refractivity contribution in [1.29, 1.82) is 0 Å². The summed E-state index contributed by atoms with van der Waals surface area (Å²) < 4.78 is 10.5. The van der Waals surface area contributed by atoms with E-state index in [1.807, 2.05) is 0 Å². The quantitative estimate of drug-likeness (QED) is 0.161. The zero-order valence-corrected chi connectivity index (χ0v) is 21.1. The van der Waals surface area contributed by atoms with E-state index in [1.54, 1.807) is 24.3 Å². The van der Waals surface area contributed by atoms with Gasteiger partial charge in [-0.2, -0.15) is 0 Å². The molecule has 0 aliphatic heterocycles. The fraction of sp³-hybridized carbons (Fsp3) is 0. The maximum Gasteiger partial charge on any atom is 0.343 e. The van der Waals surface area contributed by atoms with Crippen molar-refractivity contribution < 1.29 is 58.7 Å². The van der Waals surface area contributed by atoms with Gasteiger partial charge in [0.05, 0.1) is 33.4 Å². The van der Waals surface area contributed by atoms with Crippen LogP contribution >= 0.6 is 0 Å². The molecule has 12 heteroatoms. The Balaban J connectivity index is 1.43. The van der Waals surface area contributed by atoms with Crippen molar-refractivity contribution in [2.75, 3.05) is 0 Å². The number of hydrogen-bond acceptors (Lipinski definition) is 8. The Morgan fingerprint density at radius 3 is 1.00 bits per heavy atom. The lowest BCUT2D eigenvalue weighted by atomic mass is 10.0. The molecule has 210 valence electrons. The SMILES string of the molecule is O=C(Oc1ccc(-c2ccc(OC(=O)c3ccc(C(=O)O)c(C(=O)O)c3)cc2)cc1)c1ccc(C(=O)O)c(C(=O)O)c1. The lowest BCUT2D eigenvalue weighted by Gasteiger charge is -2.09. The highest BCUT2D eigenvalue weighted by molar-refractivity contribution is 6.05. The van der Waals surface area contributed by atoms with E-state index in [9.17, 15) is 39.0 Å². The third-order valence-corrected chi connectivity index (χ3v) is 5.90. The molecule has 4 aromatic rings. The molecule has 0 aliphatic carbocycles. The number of rotatable bonds is 9. The van der Waals surface area contributed by atoms with Gasteiger partial charge in [-0.25, -0.2) is 28.8 Å². The minimum atomic E-state index is -1.51. The topological polar surface area (TPSA) is 202 Å². The molecule has 0 amide bonds. The third kappa shape index (κ3) is 6.29. The zero-order valence-electron chi connectivity index (χ0n) is 21.1. The van der Waals surface area contributed by atoms with E-state index in [4.69, 9.17) is 19.7 Å². The predicted octanol–water partition coefficient (Wildman–Crippen LogP) is 4.58. The summed E-state index contributed by atoms with van der Waals surface area (Å²) in [5, 5.41) is 36.7. The van der Waals surface area contributed by atoms with Crippen molar-refractivity contribution in [3.05, 3.63) is 118 Å². The average Bonchev–Trinajstić information content (AvgIpc) is 2.97. The van der Waals surface area contributed by atoms with Crippen molar-refractivity contribution in [3.63, 3.8) is 0 Å². The summed E-state index contributed by atoms with van der Waals surface area (Å²) in [5.41, 5.74) is -0.946. The Bertz CT molecular complexity index is 1620. The smallest absolute Gasteiger partial charge is 0.343 e. The fourth-order valence-electron chi connectivity index (χ4n) is 3.83. The summed E-state index contributed by atoms with van der Waals surface area (Å²) in [6.07, 6.45) is 0. The minimum Gasteiger partial charge on any atom is -0.478 e. The van der Waals surface area contributed by atoms with Crippen LogP contribution in [0.25, 0.3) is 11.1 Å². The van der Waals surface area contributed by atoms with E-state index >= 15 is 0 Å². The second-order valence-corrected chi connectivity index (χ2v) is 8.57. The number of aromatic carboxylic acids is 4. The molecular weight excluding hydrogens is 552 g/mol. The molecule has 0 saturated heterocycles. The predicted molar refractivity (Wildman–Crippen MR) is 143 cm³/mol. The van der Waals surface area contributed by atoms with Gasteiger partial charge in [-0.3, -0.25) is 0 Å². The number of carboxylic acids is 4. The second kappa shape index (κ2) is 11.8. The summed E-state index contributed by atoms with van der Waals surface area (Å²) in [5.74, 6) is -7.40. The van der Waals surface area contributed by atoms with Gasteiger partial charge in [0.1, 0.15) is 11.5 Å². The number of esters is 2. The fourth-order valence-corrected chi connectivity index (χ4v) is 3.83. The summed E-state index contributed by atoms with van der Waals surface area (Å²) in [6.45, 7) is 0. The van der Waals surface area contributed by atoms with Gasteiger partial charge in [0, 0.05) is 0 Å². The van der Waals surface area contributed by atoms with E-state index in [0.29, 0.717) is 11.1 Å². The van der Waals surface area contributed by atoms with Gasteiger partial charge in [-0.1, -0.05) is 24.3 Å². The van der Waals surface area contributed by atoms with Crippen molar-refractivity contribution >= 4 is 35.8 Å². The largest absolute Gasteiger partial charge is 0.478 e. The molecule has 0 unspecified atom stereocenters. The molecule has 0 aromatic heterocycles. The first kappa shape index (κ1) is 28.7. The van der Waals surface area contributed by atoms with Crippen molar-refractivity contribution in [3.8, 4) is 22.6 Å². The molecule has 0 aliphatic rings. The normalized spacial score (nSPS) is 10.4. The maximum atomic E-state index is 12.5. The number of carbonyl (C=O) groups is 6. The summed E-state index contributed by atoms with van der Waals surface area (Å²) in [6, 6.07) is 18.7. The molecule has 0 heterocycles. The van der Waals surface area contributed by atoms with Crippen LogP contribution in [0.15, 0.2) is 84.9 Å². The number of hydrogen-bond donors (Lipinski definition) is 4. The van der Waals surface area contributed by atoms with Crippen LogP contribution in [-0.2, 0) is 0 Å². The molecule has 0 radical (unpaired) electrons. The molecule has 4 rings (SSSR count). The van der Waals surface area contributed by atoms with E-state index in [-0.39, 0.29) is 22.6 Å². The summed E-state index contributed by atoms with van der Waals surface area (Å²) >= 11 is 0. The van der Waals surface area contributed by atoms with Crippen molar-refractivity contribution in [2.24, 2.45) is 0 Å². The number of carbonyl (C=O) groups excluding carboxylic acids is 2. The van der Waals surface area contributed by atoms with E-state index in [0.717, 1.165) is 36.4 Å². The molecule has 0 spiro atoms. The van der Waals surface area contributed by atoms with Gasteiger partial charge in [0.2, 0.25) is 0 Å². The van der Waals surface area contributed by atoms with Crippen molar-refractivity contribution in [2.45, 2.75) is 0 Å². The van der Waals surface area contributed by atoms with Crippen LogP contribution in [0.2, 0.25) is 0 Å². The standard InChI is InChI=1S/C30H18O12/c31-25(32)21-11-5-17(13-23(21)27(35)36)29(39)41-19-7-1-15(2-8-19)16-3-9-20(10-4-16)42-30(40)18-6-12-22(26(33)34)24(14-18)28(37)38/h1-14H,(H,31,32)(H,33,34)(H,35,36)(H,37,38). The Labute approximate surface area is 235 Å². The highest BCUT2D eigenvalue weighted by Crippen LogP contribution is 2.26. The maximum absolute atomic E-state index is 12.5. The van der Waals surface area contributed by atoms with Crippen LogP contribution in [0.4, 0.5) is 0 Å². The molecular formula is C30H18O12. The molecule has 0 fully saturated rings. The van der Waals surface area contributed by atoms with Gasteiger partial charge >= 0.3 is 35.8 Å². The monoisotopic (exact) mass is 570 g/mol. The highest BCUT2D eigenvalue weighted by Gasteiger charge is 2.21. The van der Waals surface area contributed by atoms with Crippen LogP contribution in [0, 0.1) is 0 Å².